The van der Waals surface area contributed by atoms with Crippen molar-refractivity contribution in [1.82, 2.24) is 0 Å². The Morgan fingerprint density at radius 1 is 0.900 bits per heavy atom. The van der Waals surface area contributed by atoms with Crippen LogP contribution in [0.25, 0.3) is 0 Å². The molecule has 0 saturated heterocycles. The van der Waals surface area contributed by atoms with Crippen LogP contribution in [0, 0.1) is 11.8 Å². The molecule has 1 N–H and O–H groups in total. The number of rotatable bonds is 7. The molecule has 0 fully saturated rings. The third kappa shape index (κ3) is 5.07. The van der Waals surface area contributed by atoms with Gasteiger partial charge in [-0.05, 0) is 60.0 Å². The molecule has 0 heterocycles. The molecule has 30 heavy (non-hydrogen) atoms. The highest BCUT2D eigenvalue weighted by atomic mass is 31.1. The van der Waals surface area contributed by atoms with Crippen molar-refractivity contribution in [2.24, 2.45) is 11.8 Å². The van der Waals surface area contributed by atoms with Crippen LogP contribution < -0.4 is 10.6 Å². The van der Waals surface area contributed by atoms with Gasteiger partial charge in [-0.3, -0.25) is 4.79 Å². The topological polar surface area (TPSA) is 37.3 Å². The van der Waals surface area contributed by atoms with Gasteiger partial charge in [-0.1, -0.05) is 87.5 Å². The van der Waals surface area contributed by atoms with E-state index < -0.39 is 0 Å². The van der Waals surface area contributed by atoms with Crippen LogP contribution in [0.2, 0.25) is 0 Å². The second kappa shape index (κ2) is 9.87. The molecule has 0 aliphatic heterocycles. The van der Waals surface area contributed by atoms with Crippen molar-refractivity contribution in [3.63, 3.8) is 0 Å². The van der Waals surface area contributed by atoms with Gasteiger partial charge in [0.2, 0.25) is 0 Å². The Bertz CT molecular complexity index is 1030. The van der Waals surface area contributed by atoms with Crippen molar-refractivity contribution in [1.29, 1.82) is 0 Å². The van der Waals surface area contributed by atoms with E-state index in [1.54, 1.807) is 0 Å². The number of carbonyl (C=O) groups is 1. The second-order valence-corrected chi connectivity index (χ2v) is 9.33. The van der Waals surface area contributed by atoms with E-state index in [2.05, 4.69) is 60.7 Å². The van der Waals surface area contributed by atoms with E-state index in [9.17, 15) is 9.90 Å². The fraction of sp³-hybridized carbons (Fsp3) is 0.222. The Kier molecular flexibility index (Phi) is 6.77. The predicted octanol–water partition coefficient (Wildman–Crippen LogP) is 5.18. The molecule has 2 aliphatic rings. The van der Waals surface area contributed by atoms with Crippen LogP contribution in [0.4, 0.5) is 0 Å². The summed E-state index contributed by atoms with van der Waals surface area (Å²) in [6.45, 7) is 0. The fourth-order valence-corrected chi connectivity index (χ4v) is 5.43. The quantitative estimate of drug-likeness (QED) is 0.501. The average Bonchev–Trinajstić information content (AvgIpc) is 2.78. The monoisotopic (exact) mass is 414 g/mol. The third-order valence-electron chi connectivity index (χ3n) is 5.72. The Hall–Kier alpha value is -2.70. The van der Waals surface area contributed by atoms with Crippen LogP contribution in [0.15, 0.2) is 85.0 Å². The number of allylic oxidation sites excluding steroid dienone is 8. The van der Waals surface area contributed by atoms with Crippen molar-refractivity contribution in [2.45, 2.75) is 25.7 Å². The van der Waals surface area contributed by atoms with Crippen LogP contribution in [-0.4, -0.2) is 11.4 Å². The smallest absolute Gasteiger partial charge is 0.150 e. The van der Waals surface area contributed by atoms with Crippen molar-refractivity contribution in [3.8, 4) is 5.75 Å². The van der Waals surface area contributed by atoms with Crippen LogP contribution >= 0.6 is 8.58 Å². The summed E-state index contributed by atoms with van der Waals surface area (Å²) in [5, 5.41) is 13.0. The van der Waals surface area contributed by atoms with Crippen LogP contribution in [0.3, 0.4) is 0 Å². The molecular weight excluding hydrogens is 387 g/mol. The summed E-state index contributed by atoms with van der Waals surface area (Å²) in [5.74, 6) is 1.29. The molecular formula is C27H27O2P. The molecule has 2 aromatic carbocycles. The molecule has 0 aromatic heterocycles. The highest BCUT2D eigenvalue weighted by Crippen LogP contribution is 2.30. The summed E-state index contributed by atoms with van der Waals surface area (Å²) in [5.41, 5.74) is 2.97. The fourth-order valence-electron chi connectivity index (χ4n) is 4.14. The number of phenols is 1. The molecule has 3 heteroatoms. The summed E-state index contributed by atoms with van der Waals surface area (Å²) < 4.78 is 0. The van der Waals surface area contributed by atoms with Crippen molar-refractivity contribution in [3.05, 3.63) is 102 Å². The second-order valence-electron chi connectivity index (χ2n) is 8.01. The molecule has 0 radical (unpaired) electrons. The molecule has 3 unspecified atom stereocenters. The first-order valence-electron chi connectivity index (χ1n) is 10.6. The number of aldehydes is 1. The number of carbonyl (C=O) groups excluding carboxylic acids is 1. The number of aromatic hydroxyl groups is 1. The van der Waals surface area contributed by atoms with E-state index in [1.165, 1.54) is 5.56 Å². The van der Waals surface area contributed by atoms with Gasteiger partial charge >= 0.3 is 0 Å². The molecule has 0 amide bonds. The summed E-state index contributed by atoms with van der Waals surface area (Å²) in [4.78, 5) is 11.5. The minimum Gasteiger partial charge on any atom is -0.507 e. The van der Waals surface area contributed by atoms with Crippen molar-refractivity contribution < 1.29 is 9.90 Å². The SMILES string of the molecule is O=Cc1ccccc1Pc1cc(CC2C=CC=CC2)cc(CC2C=CC=CC2)c1O. The number of phenolic OH excluding ortho intramolecular Hbond substituents is 1. The molecule has 2 nitrogen and oxygen atoms in total. The molecule has 2 aromatic rings. The highest BCUT2D eigenvalue weighted by Gasteiger charge is 2.17. The third-order valence-corrected chi connectivity index (χ3v) is 7.10. The number of hydrogen-bond acceptors (Lipinski definition) is 2. The first-order valence-corrected chi connectivity index (χ1v) is 11.6. The summed E-state index contributed by atoms with van der Waals surface area (Å²) in [7, 11) is 0.253. The highest BCUT2D eigenvalue weighted by molar-refractivity contribution is 7.56. The molecule has 0 spiro atoms. The molecule has 0 bridgehead atoms. The largest absolute Gasteiger partial charge is 0.507 e. The normalized spacial score (nSPS) is 20.3. The lowest BCUT2D eigenvalue weighted by atomic mass is 9.89. The Morgan fingerprint density at radius 2 is 1.60 bits per heavy atom. The van der Waals surface area contributed by atoms with Gasteiger partial charge in [-0.25, -0.2) is 0 Å². The maximum atomic E-state index is 11.5. The minimum atomic E-state index is 0.253. The van der Waals surface area contributed by atoms with E-state index in [0.29, 0.717) is 23.1 Å². The van der Waals surface area contributed by atoms with Gasteiger partial charge in [0, 0.05) is 10.9 Å². The van der Waals surface area contributed by atoms with Gasteiger partial charge in [0.25, 0.3) is 0 Å². The zero-order valence-corrected chi connectivity index (χ0v) is 18.0. The molecule has 2 aliphatic carbocycles. The standard InChI is InChI=1S/C27H27O2P/c28-19-23-13-7-8-14-25(23)30-26-18-22(15-20-9-3-1-4-10-20)17-24(27(26)29)16-21-11-5-2-6-12-21/h1-9,11,13-14,17-21,29-30H,10,12,15-16H2. The zero-order chi connectivity index (χ0) is 20.8. The van der Waals surface area contributed by atoms with Gasteiger partial charge in [0.15, 0.2) is 6.29 Å². The van der Waals surface area contributed by atoms with Gasteiger partial charge < -0.3 is 5.11 Å². The van der Waals surface area contributed by atoms with Gasteiger partial charge in [0.1, 0.15) is 5.75 Å². The Labute approximate surface area is 180 Å². The van der Waals surface area contributed by atoms with E-state index in [1.807, 2.05) is 24.3 Å². The van der Waals surface area contributed by atoms with Gasteiger partial charge in [0.05, 0.1) is 0 Å². The number of hydrogen-bond donors (Lipinski definition) is 1. The lowest BCUT2D eigenvalue weighted by molar-refractivity contribution is 0.112. The average molecular weight is 414 g/mol. The minimum absolute atomic E-state index is 0.253. The number of benzene rings is 2. The summed E-state index contributed by atoms with van der Waals surface area (Å²) >= 11 is 0. The molecule has 152 valence electrons. The Morgan fingerprint density at radius 3 is 2.27 bits per heavy atom. The van der Waals surface area contributed by atoms with Crippen LogP contribution in [-0.2, 0) is 12.8 Å². The maximum Gasteiger partial charge on any atom is 0.150 e. The molecule has 0 saturated carbocycles. The molecule has 4 rings (SSSR count). The predicted molar refractivity (Wildman–Crippen MR) is 128 cm³/mol. The van der Waals surface area contributed by atoms with E-state index in [-0.39, 0.29) is 8.58 Å². The first-order chi connectivity index (χ1) is 14.7. The van der Waals surface area contributed by atoms with E-state index in [4.69, 9.17) is 0 Å². The van der Waals surface area contributed by atoms with Gasteiger partial charge in [-0.2, -0.15) is 0 Å². The lowest BCUT2D eigenvalue weighted by Crippen LogP contribution is -2.13. The van der Waals surface area contributed by atoms with Crippen molar-refractivity contribution in [2.75, 3.05) is 0 Å². The van der Waals surface area contributed by atoms with Gasteiger partial charge in [-0.15, -0.1) is 0 Å². The first kappa shape index (κ1) is 20.6. The summed E-state index contributed by atoms with van der Waals surface area (Å²) in [6.07, 6.45) is 22.0. The Balaban J connectivity index is 1.66. The lowest BCUT2D eigenvalue weighted by Gasteiger charge is -2.19. The van der Waals surface area contributed by atoms with Crippen LogP contribution in [0.5, 0.6) is 5.75 Å². The molecule has 3 atom stereocenters. The maximum absolute atomic E-state index is 11.5. The van der Waals surface area contributed by atoms with E-state index in [0.717, 1.165) is 48.1 Å². The van der Waals surface area contributed by atoms with Crippen LogP contribution in [0.1, 0.15) is 34.3 Å². The zero-order valence-electron chi connectivity index (χ0n) is 17.0. The summed E-state index contributed by atoms with van der Waals surface area (Å²) in [6, 6.07) is 12.0. The van der Waals surface area contributed by atoms with E-state index >= 15 is 0 Å². The van der Waals surface area contributed by atoms with Crippen molar-refractivity contribution >= 4 is 25.5 Å².